The summed E-state index contributed by atoms with van der Waals surface area (Å²) in [6.45, 7) is 4.12. The van der Waals surface area contributed by atoms with Crippen molar-refractivity contribution in [2.45, 2.75) is 38.4 Å². The van der Waals surface area contributed by atoms with E-state index in [0.29, 0.717) is 24.7 Å². The maximum Gasteiger partial charge on any atom is 0.342 e. The van der Waals surface area contributed by atoms with Gasteiger partial charge >= 0.3 is 11.6 Å². The van der Waals surface area contributed by atoms with E-state index in [2.05, 4.69) is 9.97 Å². The van der Waals surface area contributed by atoms with E-state index in [1.165, 1.54) is 9.13 Å². The van der Waals surface area contributed by atoms with Crippen molar-refractivity contribution in [3.05, 3.63) is 44.3 Å². The Hall–Kier alpha value is -2.47. The van der Waals surface area contributed by atoms with Gasteiger partial charge in [-0.1, -0.05) is 0 Å². The van der Waals surface area contributed by atoms with Crippen LogP contribution in [0, 0.1) is 20.2 Å². The Labute approximate surface area is 139 Å². The molecule has 0 unspecified atom stereocenters. The van der Waals surface area contributed by atoms with Crippen LogP contribution in [0.3, 0.4) is 0 Å². The summed E-state index contributed by atoms with van der Waals surface area (Å²) in [6.07, 6.45) is 2.27. The van der Waals surface area contributed by atoms with Crippen LogP contribution in [0.2, 0.25) is 0 Å². The first-order chi connectivity index (χ1) is 11.4. The van der Waals surface area contributed by atoms with Crippen LogP contribution >= 0.6 is 0 Å². The zero-order valence-electron chi connectivity index (χ0n) is 13.1. The lowest BCUT2D eigenvalue weighted by atomic mass is 10.6. The smallest absolute Gasteiger partial charge is 0.342 e. The predicted octanol–water partition coefficient (Wildman–Crippen LogP) is 1.38. The molecule has 130 valence electrons. The Morgan fingerprint density at radius 2 is 1.33 bits per heavy atom. The van der Waals surface area contributed by atoms with Gasteiger partial charge in [-0.25, -0.2) is 19.1 Å². The molecule has 2 rings (SSSR count). The maximum absolute atomic E-state index is 12.3. The Balaban J connectivity index is 2.16. The van der Waals surface area contributed by atoms with Crippen LogP contribution in [0.5, 0.6) is 0 Å². The van der Waals surface area contributed by atoms with Crippen molar-refractivity contribution in [2.75, 3.05) is 0 Å². The third kappa shape index (κ3) is 3.54. The van der Waals surface area contributed by atoms with Gasteiger partial charge in [0.1, 0.15) is 12.4 Å². The van der Waals surface area contributed by atoms with Gasteiger partial charge in [-0.3, -0.25) is 0 Å². The highest BCUT2D eigenvalue weighted by molar-refractivity contribution is 7.89. The molecule has 0 spiro atoms. The monoisotopic (exact) mass is 356 g/mol. The molecule has 0 aliphatic heterocycles. The first kappa shape index (κ1) is 17.9. The van der Waals surface area contributed by atoms with E-state index in [-0.39, 0.29) is 23.1 Å². The molecule has 0 aromatic carbocycles. The number of hydrogen-bond acceptors (Lipinski definition) is 7. The van der Waals surface area contributed by atoms with Crippen molar-refractivity contribution in [2.24, 2.45) is 0 Å². The highest BCUT2D eigenvalue weighted by Gasteiger charge is 2.27. The Morgan fingerprint density at radius 3 is 1.62 bits per heavy atom. The molecule has 0 bridgehead atoms. The Morgan fingerprint density at radius 1 is 0.958 bits per heavy atom. The van der Waals surface area contributed by atoms with Crippen LogP contribution in [0.15, 0.2) is 12.4 Å². The van der Waals surface area contributed by atoms with Crippen molar-refractivity contribution in [1.82, 2.24) is 19.1 Å². The lowest BCUT2D eigenvalue weighted by Crippen LogP contribution is -2.16. The average molecular weight is 356 g/mol. The minimum Gasteiger partial charge on any atom is -0.616 e. The van der Waals surface area contributed by atoms with E-state index >= 15 is 0 Å². The first-order valence-corrected chi connectivity index (χ1v) is 8.60. The van der Waals surface area contributed by atoms with Crippen molar-refractivity contribution >= 4 is 22.8 Å². The summed E-state index contributed by atoms with van der Waals surface area (Å²) in [5, 5.41) is 21.8. The van der Waals surface area contributed by atoms with Crippen LogP contribution in [0.4, 0.5) is 11.6 Å². The van der Waals surface area contributed by atoms with E-state index < -0.39 is 21.0 Å². The van der Waals surface area contributed by atoms with Gasteiger partial charge in [0, 0.05) is 0 Å². The van der Waals surface area contributed by atoms with Gasteiger partial charge in [0.05, 0.1) is 13.1 Å². The van der Waals surface area contributed by atoms with Gasteiger partial charge in [-0.05, 0) is 34.9 Å². The average Bonchev–Trinajstić information content (AvgIpc) is 3.10. The minimum absolute atomic E-state index is 0.00600. The molecule has 0 atom stereocenters. The number of hydrogen-bond donors (Lipinski definition) is 0. The number of imidazole rings is 2. The molecule has 0 saturated carbocycles. The lowest BCUT2D eigenvalue weighted by molar-refractivity contribution is -0.392. The third-order valence-electron chi connectivity index (χ3n) is 3.42. The second-order valence-corrected chi connectivity index (χ2v) is 6.25. The lowest BCUT2D eigenvalue weighted by Gasteiger charge is -2.09. The molecule has 0 N–H and O–H groups in total. The Kier molecular flexibility index (Phi) is 5.51. The van der Waals surface area contributed by atoms with Crippen LogP contribution < -0.4 is 0 Å². The summed E-state index contributed by atoms with van der Waals surface area (Å²) in [5.74, 6) is 0.377. The van der Waals surface area contributed by atoms with Crippen molar-refractivity contribution in [3.63, 3.8) is 0 Å². The molecule has 24 heavy (non-hydrogen) atoms. The SMILES string of the molecule is CCn1c([N+](=O)[O-])cnc1C[S+]([O-])Cc1ncc([N+](=O)[O-])n1CC. The zero-order valence-corrected chi connectivity index (χ0v) is 13.9. The van der Waals surface area contributed by atoms with E-state index in [4.69, 9.17) is 0 Å². The molecular weight excluding hydrogens is 340 g/mol. The molecule has 11 nitrogen and oxygen atoms in total. The van der Waals surface area contributed by atoms with Gasteiger partial charge in [0.15, 0.2) is 11.5 Å². The highest BCUT2D eigenvalue weighted by atomic mass is 32.2. The number of nitro groups is 2. The summed E-state index contributed by atoms with van der Waals surface area (Å²) in [7, 11) is 0. The summed E-state index contributed by atoms with van der Waals surface area (Å²) in [4.78, 5) is 28.7. The van der Waals surface area contributed by atoms with Crippen LogP contribution in [-0.2, 0) is 35.8 Å². The molecule has 2 heterocycles. The van der Waals surface area contributed by atoms with Crippen LogP contribution in [0.25, 0.3) is 0 Å². The Bertz CT molecular complexity index is 695. The largest absolute Gasteiger partial charge is 0.616 e. The molecule has 0 amide bonds. The van der Waals surface area contributed by atoms with Crippen molar-refractivity contribution in [3.8, 4) is 0 Å². The van der Waals surface area contributed by atoms with E-state index in [9.17, 15) is 24.8 Å². The third-order valence-corrected chi connectivity index (χ3v) is 4.58. The fourth-order valence-corrected chi connectivity index (χ4v) is 3.50. The molecule has 0 aliphatic rings. The van der Waals surface area contributed by atoms with E-state index in [1.54, 1.807) is 13.8 Å². The van der Waals surface area contributed by atoms with Crippen molar-refractivity contribution in [1.29, 1.82) is 0 Å². The summed E-state index contributed by atoms with van der Waals surface area (Å²) in [6, 6.07) is 0. The molecule has 0 radical (unpaired) electrons. The van der Waals surface area contributed by atoms with Crippen molar-refractivity contribution < 1.29 is 14.4 Å². The number of aromatic nitrogens is 4. The zero-order chi connectivity index (χ0) is 17.9. The van der Waals surface area contributed by atoms with Gasteiger partial charge < -0.3 is 24.8 Å². The summed E-state index contributed by atoms with van der Waals surface area (Å²) >= 11 is -1.46. The molecular formula is C12H16N6O5S. The first-order valence-electron chi connectivity index (χ1n) is 7.11. The molecule has 2 aromatic heterocycles. The maximum atomic E-state index is 12.3. The predicted molar refractivity (Wildman–Crippen MR) is 84.7 cm³/mol. The molecule has 2 aromatic rings. The summed E-state index contributed by atoms with van der Waals surface area (Å²) < 4.78 is 15.1. The molecule has 0 fully saturated rings. The van der Waals surface area contributed by atoms with Gasteiger partial charge in [0.25, 0.3) is 0 Å². The highest BCUT2D eigenvalue weighted by Crippen LogP contribution is 2.20. The fraction of sp³-hybridized carbons (Fsp3) is 0.500. The van der Waals surface area contributed by atoms with E-state index in [0.717, 1.165) is 12.4 Å². The topological polar surface area (TPSA) is 145 Å². The quantitative estimate of drug-likeness (QED) is 0.394. The summed E-state index contributed by atoms with van der Waals surface area (Å²) in [5.41, 5.74) is 0. The molecule has 0 aliphatic carbocycles. The van der Waals surface area contributed by atoms with Gasteiger partial charge in [-0.2, -0.15) is 0 Å². The molecule has 0 saturated heterocycles. The number of nitrogens with zero attached hydrogens (tertiary/aromatic N) is 6. The fourth-order valence-electron chi connectivity index (χ4n) is 2.36. The minimum atomic E-state index is -1.46. The van der Waals surface area contributed by atoms with E-state index in [1.807, 2.05) is 0 Å². The second kappa shape index (κ2) is 7.40. The second-order valence-electron chi connectivity index (χ2n) is 4.80. The number of rotatable bonds is 8. The van der Waals surface area contributed by atoms with Crippen LogP contribution in [0.1, 0.15) is 25.5 Å². The van der Waals surface area contributed by atoms with Gasteiger partial charge in [0.2, 0.25) is 11.6 Å². The molecule has 12 heteroatoms. The standard InChI is InChI=1S/C12H16N6O5S/c1-3-15-9(13-5-11(15)17(19)20)7-24(23)8-10-14-6-12(18(21)22)16(10)4-2/h5-6H,3-4,7-8H2,1-2H3. The van der Waals surface area contributed by atoms with Gasteiger partial charge in [-0.15, -0.1) is 0 Å². The van der Waals surface area contributed by atoms with Crippen LogP contribution in [-0.4, -0.2) is 33.5 Å². The normalized spacial score (nSPS) is 11.2.